The van der Waals surface area contributed by atoms with Crippen molar-refractivity contribution in [1.82, 2.24) is 0 Å². The molecule has 1 aromatic rings. The van der Waals surface area contributed by atoms with Crippen LogP contribution in [0.15, 0.2) is 22.7 Å². The number of hydrogen-bond acceptors (Lipinski definition) is 1. The van der Waals surface area contributed by atoms with Crippen molar-refractivity contribution in [3.05, 3.63) is 34.1 Å². The Labute approximate surface area is 97.9 Å². The van der Waals surface area contributed by atoms with E-state index in [0.29, 0.717) is 10.9 Å². The van der Waals surface area contributed by atoms with Gasteiger partial charge in [-0.3, -0.25) is 4.79 Å². The number of hydrogen-bond donors (Lipinski definition) is 1. The molecule has 0 aliphatic rings. The van der Waals surface area contributed by atoms with Crippen LogP contribution in [0.25, 0.3) is 0 Å². The second kappa shape index (κ2) is 4.89. The first kappa shape index (κ1) is 11.7. The maximum Gasteiger partial charge on any atom is 0.231 e. The SMILES string of the molecule is NC(=O)C(Br)Cc1ccc(F)cc1Br. The van der Waals surface area contributed by atoms with E-state index in [-0.39, 0.29) is 5.82 Å². The average Bonchev–Trinajstić information content (AvgIpc) is 2.09. The van der Waals surface area contributed by atoms with Crippen LogP contribution in [-0.4, -0.2) is 10.7 Å². The Hall–Kier alpha value is -0.420. The third-order valence-corrected chi connectivity index (χ3v) is 3.24. The molecule has 0 aliphatic carbocycles. The smallest absolute Gasteiger partial charge is 0.231 e. The van der Waals surface area contributed by atoms with E-state index in [1.54, 1.807) is 6.07 Å². The van der Waals surface area contributed by atoms with Gasteiger partial charge < -0.3 is 5.73 Å². The van der Waals surface area contributed by atoms with Crippen LogP contribution >= 0.6 is 31.9 Å². The molecule has 1 aromatic carbocycles. The molecular weight excluding hydrogens is 317 g/mol. The predicted molar refractivity (Wildman–Crippen MR) is 59.7 cm³/mol. The summed E-state index contributed by atoms with van der Waals surface area (Å²) in [5.41, 5.74) is 5.93. The predicted octanol–water partition coefficient (Wildman–Crippen LogP) is 2.38. The van der Waals surface area contributed by atoms with E-state index in [9.17, 15) is 9.18 Å². The molecule has 1 unspecified atom stereocenters. The quantitative estimate of drug-likeness (QED) is 0.852. The van der Waals surface area contributed by atoms with Gasteiger partial charge in [-0.25, -0.2) is 4.39 Å². The number of nitrogens with two attached hydrogens (primary N) is 1. The van der Waals surface area contributed by atoms with Crippen LogP contribution in [0.4, 0.5) is 4.39 Å². The minimum Gasteiger partial charge on any atom is -0.369 e. The molecule has 0 aromatic heterocycles. The fourth-order valence-electron chi connectivity index (χ4n) is 0.981. The number of amides is 1. The molecule has 0 radical (unpaired) electrons. The van der Waals surface area contributed by atoms with Crippen molar-refractivity contribution in [2.45, 2.75) is 11.2 Å². The Balaban J connectivity index is 2.82. The minimum atomic E-state index is -0.429. The summed E-state index contributed by atoms with van der Waals surface area (Å²) in [6.45, 7) is 0. The van der Waals surface area contributed by atoms with Gasteiger partial charge in [0.25, 0.3) is 0 Å². The number of primary amides is 1. The van der Waals surface area contributed by atoms with Gasteiger partial charge >= 0.3 is 0 Å². The lowest BCUT2D eigenvalue weighted by atomic mass is 10.1. The summed E-state index contributed by atoms with van der Waals surface area (Å²) in [4.78, 5) is 10.3. The van der Waals surface area contributed by atoms with Crippen molar-refractivity contribution in [1.29, 1.82) is 0 Å². The van der Waals surface area contributed by atoms with Crippen LogP contribution in [0, 0.1) is 5.82 Å². The molecule has 5 heteroatoms. The highest BCUT2D eigenvalue weighted by Gasteiger charge is 2.13. The van der Waals surface area contributed by atoms with E-state index in [1.807, 2.05) is 0 Å². The Bertz CT molecular complexity index is 357. The fourth-order valence-corrected chi connectivity index (χ4v) is 1.84. The molecule has 0 saturated heterocycles. The molecular formula is C9H8Br2FNO. The topological polar surface area (TPSA) is 43.1 Å². The van der Waals surface area contributed by atoms with Gasteiger partial charge in [0.1, 0.15) is 5.82 Å². The van der Waals surface area contributed by atoms with Crippen LogP contribution in [0.5, 0.6) is 0 Å². The lowest BCUT2D eigenvalue weighted by Crippen LogP contribution is -2.25. The Morgan fingerprint density at radius 1 is 1.57 bits per heavy atom. The van der Waals surface area contributed by atoms with Crippen molar-refractivity contribution < 1.29 is 9.18 Å². The largest absolute Gasteiger partial charge is 0.369 e. The molecule has 76 valence electrons. The Morgan fingerprint density at radius 3 is 2.71 bits per heavy atom. The standard InChI is InChI=1S/C9H8Br2FNO/c10-7-4-6(12)2-1-5(7)3-8(11)9(13)14/h1-2,4,8H,3H2,(H2,13,14). The monoisotopic (exact) mass is 323 g/mol. The maximum absolute atomic E-state index is 12.7. The van der Waals surface area contributed by atoms with E-state index in [0.717, 1.165) is 5.56 Å². The summed E-state index contributed by atoms with van der Waals surface area (Å²) in [7, 11) is 0. The van der Waals surface area contributed by atoms with Gasteiger partial charge in [-0.05, 0) is 24.1 Å². The molecule has 2 N–H and O–H groups in total. The second-order valence-corrected chi connectivity index (χ2v) is 4.77. The summed E-state index contributed by atoms with van der Waals surface area (Å²) in [6, 6.07) is 4.33. The van der Waals surface area contributed by atoms with E-state index < -0.39 is 10.7 Å². The van der Waals surface area contributed by atoms with E-state index in [4.69, 9.17) is 5.73 Å². The van der Waals surface area contributed by atoms with Crippen LogP contribution in [-0.2, 0) is 11.2 Å². The molecule has 0 aliphatic heterocycles. The van der Waals surface area contributed by atoms with Gasteiger partial charge in [-0.2, -0.15) is 0 Å². The molecule has 0 spiro atoms. The molecule has 14 heavy (non-hydrogen) atoms. The first-order chi connectivity index (χ1) is 6.50. The van der Waals surface area contributed by atoms with Crippen molar-refractivity contribution in [2.75, 3.05) is 0 Å². The van der Waals surface area contributed by atoms with Crippen molar-refractivity contribution in [3.8, 4) is 0 Å². The van der Waals surface area contributed by atoms with Gasteiger partial charge in [0.15, 0.2) is 0 Å². The van der Waals surface area contributed by atoms with Crippen molar-refractivity contribution in [2.24, 2.45) is 5.73 Å². The van der Waals surface area contributed by atoms with Gasteiger partial charge in [0.2, 0.25) is 5.91 Å². The minimum absolute atomic E-state index is 0.314. The highest BCUT2D eigenvalue weighted by Crippen LogP contribution is 2.21. The average molecular weight is 325 g/mol. The van der Waals surface area contributed by atoms with Crippen molar-refractivity contribution in [3.63, 3.8) is 0 Å². The summed E-state index contributed by atoms with van der Waals surface area (Å²) < 4.78 is 13.4. The Kier molecular flexibility index (Phi) is 4.07. The van der Waals surface area contributed by atoms with Crippen molar-refractivity contribution >= 4 is 37.8 Å². The van der Waals surface area contributed by atoms with Gasteiger partial charge in [0, 0.05) is 4.47 Å². The van der Waals surface area contributed by atoms with Crippen LogP contribution in [0.2, 0.25) is 0 Å². The van der Waals surface area contributed by atoms with Crippen LogP contribution < -0.4 is 5.73 Å². The molecule has 0 saturated carbocycles. The highest BCUT2D eigenvalue weighted by molar-refractivity contribution is 9.10. The highest BCUT2D eigenvalue weighted by atomic mass is 79.9. The number of benzene rings is 1. The number of carbonyl (C=O) groups is 1. The van der Waals surface area contributed by atoms with E-state index in [1.165, 1.54) is 12.1 Å². The molecule has 2 nitrogen and oxygen atoms in total. The zero-order chi connectivity index (χ0) is 10.7. The normalized spacial score (nSPS) is 12.5. The number of alkyl halides is 1. The fraction of sp³-hybridized carbons (Fsp3) is 0.222. The Morgan fingerprint density at radius 2 is 2.21 bits per heavy atom. The molecule has 0 fully saturated rings. The summed E-state index contributed by atoms with van der Waals surface area (Å²) in [5, 5.41) is 0. The molecule has 1 amide bonds. The lowest BCUT2D eigenvalue weighted by molar-refractivity contribution is -0.117. The van der Waals surface area contributed by atoms with Crippen LogP contribution in [0.1, 0.15) is 5.56 Å². The summed E-state index contributed by atoms with van der Waals surface area (Å²) in [5.74, 6) is -0.743. The first-order valence-electron chi connectivity index (χ1n) is 3.88. The lowest BCUT2D eigenvalue weighted by Gasteiger charge is -2.07. The third kappa shape index (κ3) is 3.06. The van der Waals surface area contributed by atoms with E-state index in [2.05, 4.69) is 31.9 Å². The molecule has 0 heterocycles. The third-order valence-electron chi connectivity index (χ3n) is 1.72. The second-order valence-electron chi connectivity index (χ2n) is 2.81. The maximum atomic E-state index is 12.7. The van der Waals surface area contributed by atoms with E-state index >= 15 is 0 Å². The molecule has 1 rings (SSSR count). The van der Waals surface area contributed by atoms with Gasteiger partial charge in [-0.1, -0.05) is 37.9 Å². The number of carbonyl (C=O) groups excluding carboxylic acids is 1. The number of rotatable bonds is 3. The molecule has 1 atom stereocenters. The zero-order valence-electron chi connectivity index (χ0n) is 7.14. The first-order valence-corrected chi connectivity index (χ1v) is 5.59. The summed E-state index contributed by atoms with van der Waals surface area (Å²) >= 11 is 6.35. The zero-order valence-corrected chi connectivity index (χ0v) is 10.3. The van der Waals surface area contributed by atoms with Gasteiger partial charge in [0.05, 0.1) is 4.83 Å². The summed E-state index contributed by atoms with van der Waals surface area (Å²) in [6.07, 6.45) is 0.441. The van der Waals surface area contributed by atoms with Crippen LogP contribution in [0.3, 0.4) is 0 Å². The molecule has 0 bridgehead atoms. The van der Waals surface area contributed by atoms with Gasteiger partial charge in [-0.15, -0.1) is 0 Å². The number of halogens is 3.